The summed E-state index contributed by atoms with van der Waals surface area (Å²) in [7, 11) is 0. The van der Waals surface area contributed by atoms with Crippen LogP contribution < -0.4 is 5.32 Å². The number of hydrogen-bond donors (Lipinski definition) is 2. The molecule has 0 fully saturated rings. The number of rotatable bonds is 3. The second kappa shape index (κ2) is 5.92. The van der Waals surface area contributed by atoms with Crippen LogP contribution in [0.25, 0.3) is 10.9 Å². The molecule has 0 aliphatic heterocycles. The predicted octanol–water partition coefficient (Wildman–Crippen LogP) is 4.59. The Kier molecular flexibility index (Phi) is 3.98. The highest BCUT2D eigenvalue weighted by molar-refractivity contribution is 14.1. The number of carboxylic acid groups (broad SMARTS) is 1. The van der Waals surface area contributed by atoms with Crippen LogP contribution in [0, 0.1) is 10.5 Å². The minimum Gasteiger partial charge on any atom is -0.478 e. The number of aromatic carboxylic acids is 1. The molecule has 1 heterocycles. The lowest BCUT2D eigenvalue weighted by Crippen LogP contribution is -2.03. The van der Waals surface area contributed by atoms with Gasteiger partial charge in [0, 0.05) is 20.3 Å². The summed E-state index contributed by atoms with van der Waals surface area (Å²) in [5, 5.41) is 13.5. The van der Waals surface area contributed by atoms with E-state index < -0.39 is 5.97 Å². The summed E-state index contributed by atoms with van der Waals surface area (Å²) in [6.45, 7) is 1.92. The standard InChI is InChI=1S/C17H13IN2O2/c1-10-8-16(13-9-11(18)6-7-15(13)19-10)20-14-5-3-2-4-12(14)17(21)22/h2-9H,1H3,(H,19,20)(H,21,22). The van der Waals surface area contributed by atoms with Gasteiger partial charge in [0.25, 0.3) is 0 Å². The number of carboxylic acids is 1. The topological polar surface area (TPSA) is 62.2 Å². The Morgan fingerprint density at radius 1 is 1.14 bits per heavy atom. The molecular weight excluding hydrogens is 391 g/mol. The second-order valence-corrected chi connectivity index (χ2v) is 6.19. The van der Waals surface area contributed by atoms with Gasteiger partial charge in [-0.3, -0.25) is 4.98 Å². The molecule has 0 saturated heterocycles. The highest BCUT2D eigenvalue weighted by Gasteiger charge is 2.11. The first kappa shape index (κ1) is 14.8. The summed E-state index contributed by atoms with van der Waals surface area (Å²) in [5.74, 6) is -0.951. The first-order chi connectivity index (χ1) is 10.5. The van der Waals surface area contributed by atoms with E-state index in [1.165, 1.54) is 0 Å². The van der Waals surface area contributed by atoms with E-state index in [0.29, 0.717) is 5.69 Å². The van der Waals surface area contributed by atoms with Crippen LogP contribution in [0.3, 0.4) is 0 Å². The maximum Gasteiger partial charge on any atom is 0.337 e. The number of para-hydroxylation sites is 1. The molecule has 0 radical (unpaired) electrons. The quantitative estimate of drug-likeness (QED) is 0.627. The van der Waals surface area contributed by atoms with E-state index in [4.69, 9.17) is 0 Å². The maximum atomic E-state index is 11.3. The molecule has 0 unspecified atom stereocenters. The summed E-state index contributed by atoms with van der Waals surface area (Å²) >= 11 is 2.25. The van der Waals surface area contributed by atoms with E-state index in [9.17, 15) is 9.90 Å². The molecule has 1 aromatic heterocycles. The average molecular weight is 404 g/mol. The molecule has 2 N–H and O–H groups in total. The lowest BCUT2D eigenvalue weighted by molar-refractivity contribution is 0.0698. The largest absolute Gasteiger partial charge is 0.478 e. The van der Waals surface area contributed by atoms with Crippen molar-refractivity contribution >= 4 is 50.8 Å². The van der Waals surface area contributed by atoms with E-state index in [1.54, 1.807) is 18.2 Å². The third-order valence-electron chi connectivity index (χ3n) is 3.33. The van der Waals surface area contributed by atoms with Crippen molar-refractivity contribution in [3.8, 4) is 0 Å². The molecule has 0 amide bonds. The molecule has 3 aromatic rings. The first-order valence-electron chi connectivity index (χ1n) is 6.71. The van der Waals surface area contributed by atoms with E-state index >= 15 is 0 Å². The molecule has 0 saturated carbocycles. The summed E-state index contributed by atoms with van der Waals surface area (Å²) in [6.07, 6.45) is 0. The van der Waals surface area contributed by atoms with Crippen molar-refractivity contribution < 1.29 is 9.90 Å². The molecule has 3 rings (SSSR count). The zero-order chi connectivity index (χ0) is 15.7. The van der Waals surface area contributed by atoms with Crippen LogP contribution in [0.2, 0.25) is 0 Å². The zero-order valence-corrected chi connectivity index (χ0v) is 14.0. The van der Waals surface area contributed by atoms with Crippen molar-refractivity contribution in [3.63, 3.8) is 0 Å². The van der Waals surface area contributed by atoms with E-state index in [0.717, 1.165) is 25.9 Å². The van der Waals surface area contributed by atoms with Gasteiger partial charge in [-0.1, -0.05) is 12.1 Å². The lowest BCUT2D eigenvalue weighted by atomic mass is 10.1. The highest BCUT2D eigenvalue weighted by Crippen LogP contribution is 2.29. The molecule has 110 valence electrons. The van der Waals surface area contributed by atoms with Gasteiger partial charge < -0.3 is 10.4 Å². The Morgan fingerprint density at radius 2 is 1.91 bits per heavy atom. The third kappa shape index (κ3) is 2.89. The van der Waals surface area contributed by atoms with Crippen LogP contribution in [0.4, 0.5) is 11.4 Å². The van der Waals surface area contributed by atoms with Crippen molar-refractivity contribution in [1.82, 2.24) is 4.98 Å². The molecule has 0 aliphatic rings. The SMILES string of the molecule is Cc1cc(Nc2ccccc2C(=O)O)c2cc(I)ccc2n1. The number of nitrogens with one attached hydrogen (secondary N) is 1. The normalized spacial score (nSPS) is 10.6. The molecule has 0 spiro atoms. The summed E-state index contributed by atoms with van der Waals surface area (Å²) in [4.78, 5) is 15.9. The molecule has 22 heavy (non-hydrogen) atoms. The summed E-state index contributed by atoms with van der Waals surface area (Å²) in [5.41, 5.74) is 3.44. The summed E-state index contributed by atoms with van der Waals surface area (Å²) < 4.78 is 1.10. The van der Waals surface area contributed by atoms with Gasteiger partial charge in [0.2, 0.25) is 0 Å². The van der Waals surface area contributed by atoms with E-state index in [1.807, 2.05) is 37.3 Å². The second-order valence-electron chi connectivity index (χ2n) is 4.95. The predicted molar refractivity (Wildman–Crippen MR) is 95.9 cm³/mol. The fourth-order valence-corrected chi connectivity index (χ4v) is 2.85. The number of halogens is 1. The molecule has 0 aliphatic carbocycles. The molecule has 0 bridgehead atoms. The molecule has 0 atom stereocenters. The Morgan fingerprint density at radius 3 is 2.68 bits per heavy atom. The van der Waals surface area contributed by atoms with Crippen molar-refractivity contribution in [3.05, 3.63) is 63.4 Å². The number of carbonyl (C=O) groups is 1. The van der Waals surface area contributed by atoms with Gasteiger partial charge in [-0.25, -0.2) is 4.79 Å². The monoisotopic (exact) mass is 404 g/mol. The Balaban J connectivity index is 2.15. The molecule has 4 nitrogen and oxygen atoms in total. The van der Waals surface area contributed by atoms with Crippen molar-refractivity contribution in [2.45, 2.75) is 6.92 Å². The van der Waals surface area contributed by atoms with Gasteiger partial charge in [0.05, 0.1) is 16.8 Å². The molecular formula is C17H13IN2O2. The number of pyridine rings is 1. The number of hydrogen-bond acceptors (Lipinski definition) is 3. The van der Waals surface area contributed by atoms with Crippen LogP contribution in [-0.4, -0.2) is 16.1 Å². The highest BCUT2D eigenvalue weighted by atomic mass is 127. The van der Waals surface area contributed by atoms with Crippen LogP contribution in [-0.2, 0) is 0 Å². The van der Waals surface area contributed by atoms with Gasteiger partial charge in [0.1, 0.15) is 0 Å². The van der Waals surface area contributed by atoms with E-state index in [2.05, 4.69) is 32.9 Å². The van der Waals surface area contributed by atoms with Gasteiger partial charge in [-0.2, -0.15) is 0 Å². The maximum absolute atomic E-state index is 11.3. The van der Waals surface area contributed by atoms with Gasteiger partial charge in [-0.05, 0) is 65.9 Å². The van der Waals surface area contributed by atoms with Crippen molar-refractivity contribution in [2.24, 2.45) is 0 Å². The lowest BCUT2D eigenvalue weighted by Gasteiger charge is -2.13. The Hall–Kier alpha value is -2.15. The minimum atomic E-state index is -0.951. The Bertz CT molecular complexity index is 878. The molecule has 2 aromatic carbocycles. The number of aryl methyl sites for hydroxylation is 1. The number of anilines is 2. The van der Waals surface area contributed by atoms with Crippen molar-refractivity contribution in [2.75, 3.05) is 5.32 Å². The zero-order valence-electron chi connectivity index (χ0n) is 11.8. The smallest absolute Gasteiger partial charge is 0.337 e. The molecule has 5 heteroatoms. The minimum absolute atomic E-state index is 0.246. The third-order valence-corrected chi connectivity index (χ3v) is 4.00. The fraction of sp³-hybridized carbons (Fsp3) is 0.0588. The van der Waals surface area contributed by atoms with E-state index in [-0.39, 0.29) is 5.56 Å². The number of benzene rings is 2. The van der Waals surface area contributed by atoms with Crippen LogP contribution in [0.5, 0.6) is 0 Å². The van der Waals surface area contributed by atoms with Crippen LogP contribution in [0.15, 0.2) is 48.5 Å². The van der Waals surface area contributed by atoms with Gasteiger partial charge >= 0.3 is 5.97 Å². The summed E-state index contributed by atoms with van der Waals surface area (Å²) in [6, 6.07) is 14.8. The fourth-order valence-electron chi connectivity index (χ4n) is 2.36. The number of aromatic nitrogens is 1. The first-order valence-corrected chi connectivity index (χ1v) is 7.79. The van der Waals surface area contributed by atoms with Crippen LogP contribution in [0.1, 0.15) is 16.1 Å². The Labute approximate surface area is 141 Å². The van der Waals surface area contributed by atoms with Gasteiger partial charge in [0.15, 0.2) is 0 Å². The average Bonchev–Trinajstić information content (AvgIpc) is 2.48. The number of fused-ring (bicyclic) bond motifs is 1. The van der Waals surface area contributed by atoms with Crippen LogP contribution >= 0.6 is 22.6 Å². The number of nitrogens with zero attached hydrogens (tertiary/aromatic N) is 1. The van der Waals surface area contributed by atoms with Gasteiger partial charge in [-0.15, -0.1) is 0 Å². The van der Waals surface area contributed by atoms with Crippen molar-refractivity contribution in [1.29, 1.82) is 0 Å².